The second-order valence-corrected chi connectivity index (χ2v) is 10.7. The van der Waals surface area contributed by atoms with E-state index in [1.165, 1.54) is 24.1 Å². The van der Waals surface area contributed by atoms with E-state index in [0.29, 0.717) is 17.0 Å². The van der Waals surface area contributed by atoms with Gasteiger partial charge in [0.15, 0.2) is 0 Å². The van der Waals surface area contributed by atoms with Crippen molar-refractivity contribution in [2.75, 3.05) is 13.7 Å². The molecule has 38 heavy (non-hydrogen) atoms. The zero-order valence-electron chi connectivity index (χ0n) is 20.8. The molecule has 2 amide bonds. The average molecular weight is 549 g/mol. The van der Waals surface area contributed by atoms with Crippen LogP contribution in [0.3, 0.4) is 0 Å². The van der Waals surface area contributed by atoms with Crippen LogP contribution in [0.4, 0.5) is 13.2 Å². The lowest BCUT2D eigenvalue weighted by molar-refractivity contribution is -0.147. The highest BCUT2D eigenvalue weighted by molar-refractivity contribution is 6.30. The van der Waals surface area contributed by atoms with Crippen molar-refractivity contribution in [2.45, 2.75) is 62.8 Å². The van der Waals surface area contributed by atoms with E-state index in [9.17, 15) is 27.6 Å². The third-order valence-corrected chi connectivity index (χ3v) is 8.39. The SMILES string of the molecule is COC(=O)C1CN(C(=O)[C@@H]2C[C@@H]3CCCC[C@@H]3N2C(=O)c2ccc(Cl)cc2)Cc2c1cccc2C(F)(F)F. The first-order valence-electron chi connectivity index (χ1n) is 12.7. The van der Waals surface area contributed by atoms with Gasteiger partial charge in [-0.2, -0.15) is 13.2 Å². The Hall–Kier alpha value is -3.07. The molecule has 0 spiro atoms. The summed E-state index contributed by atoms with van der Waals surface area (Å²) in [7, 11) is 1.17. The topological polar surface area (TPSA) is 66.9 Å². The number of benzene rings is 2. The van der Waals surface area contributed by atoms with Crippen LogP contribution < -0.4 is 0 Å². The number of methoxy groups -OCH3 is 1. The van der Waals surface area contributed by atoms with E-state index in [0.717, 1.165) is 31.7 Å². The number of likely N-dealkylation sites (tertiary alicyclic amines) is 1. The summed E-state index contributed by atoms with van der Waals surface area (Å²) in [4.78, 5) is 43.3. The summed E-state index contributed by atoms with van der Waals surface area (Å²) in [6.07, 6.45) is -0.637. The molecule has 2 aliphatic heterocycles. The zero-order valence-corrected chi connectivity index (χ0v) is 21.6. The van der Waals surface area contributed by atoms with Crippen LogP contribution in [-0.4, -0.2) is 53.3 Å². The largest absolute Gasteiger partial charge is 0.468 e. The zero-order chi connectivity index (χ0) is 27.2. The predicted molar refractivity (Wildman–Crippen MR) is 133 cm³/mol. The Morgan fingerprint density at radius 3 is 2.42 bits per heavy atom. The minimum atomic E-state index is -4.66. The smallest absolute Gasteiger partial charge is 0.416 e. The molecule has 6 nitrogen and oxygen atoms in total. The lowest BCUT2D eigenvalue weighted by Gasteiger charge is -2.38. The van der Waals surface area contributed by atoms with Gasteiger partial charge in [0.2, 0.25) is 5.91 Å². The van der Waals surface area contributed by atoms with Crippen molar-refractivity contribution in [3.63, 3.8) is 0 Å². The van der Waals surface area contributed by atoms with Gasteiger partial charge >= 0.3 is 12.1 Å². The van der Waals surface area contributed by atoms with Gasteiger partial charge in [0, 0.05) is 29.7 Å². The Balaban J connectivity index is 1.51. The lowest BCUT2D eigenvalue weighted by atomic mass is 9.84. The van der Waals surface area contributed by atoms with Gasteiger partial charge in [0.25, 0.3) is 5.91 Å². The summed E-state index contributed by atoms with van der Waals surface area (Å²) >= 11 is 6.00. The number of carbonyl (C=O) groups excluding carboxylic acids is 3. The number of rotatable bonds is 3. The van der Waals surface area contributed by atoms with Crippen LogP contribution in [0.25, 0.3) is 0 Å². The number of esters is 1. The molecular weight excluding hydrogens is 521 g/mol. The van der Waals surface area contributed by atoms with Crippen molar-refractivity contribution in [1.82, 2.24) is 9.80 Å². The van der Waals surface area contributed by atoms with Crippen LogP contribution in [-0.2, 0) is 27.0 Å². The average Bonchev–Trinajstić information content (AvgIpc) is 3.30. The Bertz CT molecular complexity index is 1250. The molecule has 0 N–H and O–H groups in total. The molecule has 202 valence electrons. The number of fused-ring (bicyclic) bond motifs is 2. The number of halogens is 4. The fourth-order valence-electron chi connectivity index (χ4n) is 6.38. The molecule has 0 bridgehead atoms. The molecule has 10 heteroatoms. The first kappa shape index (κ1) is 26.5. The van der Waals surface area contributed by atoms with Gasteiger partial charge in [-0.15, -0.1) is 0 Å². The molecule has 2 aromatic rings. The molecule has 5 rings (SSSR count). The predicted octanol–water partition coefficient (Wildman–Crippen LogP) is 5.43. The second kappa shape index (κ2) is 10.2. The summed E-state index contributed by atoms with van der Waals surface area (Å²) in [5.74, 6) is -2.38. The molecule has 1 saturated heterocycles. The molecule has 2 aromatic carbocycles. The van der Waals surface area contributed by atoms with Gasteiger partial charge in [-0.05, 0) is 66.6 Å². The Labute approximate surface area is 223 Å². The fraction of sp³-hybridized carbons (Fsp3) is 0.464. The number of nitrogens with zero attached hydrogens (tertiary/aromatic N) is 2. The molecule has 0 aromatic heterocycles. The van der Waals surface area contributed by atoms with E-state index in [1.807, 2.05) is 0 Å². The maximum atomic E-state index is 14.0. The van der Waals surface area contributed by atoms with Crippen molar-refractivity contribution in [2.24, 2.45) is 5.92 Å². The van der Waals surface area contributed by atoms with Crippen LogP contribution in [0.2, 0.25) is 5.02 Å². The monoisotopic (exact) mass is 548 g/mol. The number of hydrogen-bond acceptors (Lipinski definition) is 4. The summed E-state index contributed by atoms with van der Waals surface area (Å²) in [5.41, 5.74) is -0.379. The highest BCUT2D eigenvalue weighted by Gasteiger charge is 2.50. The molecule has 3 aliphatic rings. The van der Waals surface area contributed by atoms with E-state index in [2.05, 4.69) is 0 Å². The van der Waals surface area contributed by atoms with Gasteiger partial charge < -0.3 is 14.5 Å². The van der Waals surface area contributed by atoms with Crippen molar-refractivity contribution in [3.05, 3.63) is 69.7 Å². The molecule has 2 heterocycles. The molecule has 2 fully saturated rings. The quantitative estimate of drug-likeness (QED) is 0.480. The highest BCUT2D eigenvalue weighted by Crippen LogP contribution is 2.43. The molecule has 0 radical (unpaired) electrons. The first-order valence-corrected chi connectivity index (χ1v) is 13.1. The first-order chi connectivity index (χ1) is 18.1. The number of ether oxygens (including phenoxy) is 1. The molecule has 1 unspecified atom stereocenters. The van der Waals surface area contributed by atoms with Gasteiger partial charge in [0.1, 0.15) is 6.04 Å². The minimum Gasteiger partial charge on any atom is -0.468 e. The normalized spacial score (nSPS) is 25.0. The molecule has 1 saturated carbocycles. The third kappa shape index (κ3) is 4.77. The molecule has 4 atom stereocenters. The second-order valence-electron chi connectivity index (χ2n) is 10.2. The highest BCUT2D eigenvalue weighted by atomic mass is 35.5. The van der Waals surface area contributed by atoms with Crippen LogP contribution in [0, 0.1) is 5.92 Å². The molecular formula is C28H28ClF3N2O4. The van der Waals surface area contributed by atoms with E-state index < -0.39 is 35.6 Å². The number of amides is 2. The van der Waals surface area contributed by atoms with E-state index in [1.54, 1.807) is 29.2 Å². The van der Waals surface area contributed by atoms with Gasteiger partial charge in [-0.25, -0.2) is 0 Å². The van der Waals surface area contributed by atoms with E-state index in [-0.39, 0.29) is 42.1 Å². The van der Waals surface area contributed by atoms with Crippen molar-refractivity contribution in [3.8, 4) is 0 Å². The van der Waals surface area contributed by atoms with Crippen LogP contribution in [0.1, 0.15) is 65.1 Å². The summed E-state index contributed by atoms with van der Waals surface area (Å²) in [6, 6.07) is 9.20. The number of carbonyl (C=O) groups is 3. The van der Waals surface area contributed by atoms with Crippen molar-refractivity contribution >= 4 is 29.4 Å². The van der Waals surface area contributed by atoms with E-state index >= 15 is 0 Å². The Kier molecular flexibility index (Phi) is 7.15. The van der Waals surface area contributed by atoms with Crippen molar-refractivity contribution < 1.29 is 32.3 Å². The Morgan fingerprint density at radius 1 is 1.03 bits per heavy atom. The fourth-order valence-corrected chi connectivity index (χ4v) is 6.51. The third-order valence-electron chi connectivity index (χ3n) is 8.14. The van der Waals surface area contributed by atoms with Gasteiger partial charge in [-0.1, -0.05) is 36.6 Å². The summed E-state index contributed by atoms with van der Waals surface area (Å²) < 4.78 is 46.7. The van der Waals surface area contributed by atoms with Crippen LogP contribution >= 0.6 is 11.6 Å². The molecule has 1 aliphatic carbocycles. The lowest BCUT2D eigenvalue weighted by Crippen LogP contribution is -2.52. The maximum absolute atomic E-state index is 14.0. The maximum Gasteiger partial charge on any atom is 0.416 e. The van der Waals surface area contributed by atoms with Crippen LogP contribution in [0.15, 0.2) is 42.5 Å². The van der Waals surface area contributed by atoms with Gasteiger partial charge in [0.05, 0.1) is 18.6 Å². The summed E-state index contributed by atoms with van der Waals surface area (Å²) in [6.45, 7) is -0.416. The Morgan fingerprint density at radius 2 is 1.74 bits per heavy atom. The van der Waals surface area contributed by atoms with Crippen LogP contribution in [0.5, 0.6) is 0 Å². The minimum absolute atomic E-state index is 0.110. The van der Waals surface area contributed by atoms with E-state index in [4.69, 9.17) is 16.3 Å². The number of hydrogen-bond donors (Lipinski definition) is 0. The van der Waals surface area contributed by atoms with Crippen molar-refractivity contribution in [1.29, 1.82) is 0 Å². The van der Waals surface area contributed by atoms with Gasteiger partial charge in [-0.3, -0.25) is 14.4 Å². The summed E-state index contributed by atoms with van der Waals surface area (Å²) in [5, 5.41) is 0.479. The number of alkyl halides is 3. The standard InChI is InChI=1S/C28H28ClF3N2O4/c1-38-27(37)21-15-33(14-20-19(21)6-4-7-22(20)28(30,31)32)26(36)24-13-17-5-2-3-8-23(17)34(24)25(35)16-9-11-18(29)12-10-16/h4,6-7,9-12,17,21,23-24H,2-3,5,8,13-15H2,1H3/t17-,21?,23-,24-/m0/s1.